The zero-order valence-electron chi connectivity index (χ0n) is 8.50. The first-order valence-corrected chi connectivity index (χ1v) is 5.40. The minimum Gasteiger partial charge on any atom is -0.326 e. The quantitative estimate of drug-likeness (QED) is 0.737. The third-order valence-corrected chi connectivity index (χ3v) is 2.68. The van der Waals surface area contributed by atoms with Gasteiger partial charge >= 0.3 is 0 Å². The summed E-state index contributed by atoms with van der Waals surface area (Å²) >= 11 is 0. The summed E-state index contributed by atoms with van der Waals surface area (Å²) in [5, 5.41) is 3.51. The number of rotatable bonds is 5. The molecule has 0 spiro atoms. The van der Waals surface area contributed by atoms with E-state index in [2.05, 4.69) is 29.6 Å². The molecule has 0 amide bonds. The molecule has 0 saturated heterocycles. The maximum Gasteiger partial charge on any atom is 0.0178 e. The summed E-state index contributed by atoms with van der Waals surface area (Å²) in [5.74, 6) is 0. The van der Waals surface area contributed by atoms with Crippen LogP contribution in [0.4, 0.5) is 0 Å². The zero-order chi connectivity index (χ0) is 9.80. The Morgan fingerprint density at radius 1 is 1.14 bits per heavy atom. The minimum absolute atomic E-state index is 0.639. The fraction of sp³-hybridized carbons (Fsp3) is 0.500. The van der Waals surface area contributed by atoms with Gasteiger partial charge in [-0.1, -0.05) is 24.3 Å². The van der Waals surface area contributed by atoms with Crippen LogP contribution in [0.1, 0.15) is 24.0 Å². The summed E-state index contributed by atoms with van der Waals surface area (Å²) in [6.45, 7) is 1.74. The van der Waals surface area contributed by atoms with Crippen LogP contribution < -0.4 is 11.1 Å². The molecule has 14 heavy (non-hydrogen) atoms. The normalized spacial score (nSPS) is 15.8. The first-order valence-electron chi connectivity index (χ1n) is 5.40. The lowest BCUT2D eigenvalue weighted by atomic mass is 10.1. The molecule has 0 aliphatic heterocycles. The number of hydrogen-bond acceptors (Lipinski definition) is 2. The molecule has 3 N–H and O–H groups in total. The molecule has 1 fully saturated rings. The average Bonchev–Trinajstić information content (AvgIpc) is 3.03. The Labute approximate surface area is 85.5 Å². The lowest BCUT2D eigenvalue weighted by molar-refractivity contribution is 0.682. The highest BCUT2D eigenvalue weighted by molar-refractivity contribution is 5.22. The van der Waals surface area contributed by atoms with Crippen LogP contribution in [0.3, 0.4) is 0 Å². The third-order valence-electron chi connectivity index (χ3n) is 2.68. The van der Waals surface area contributed by atoms with Gasteiger partial charge in [-0.15, -0.1) is 0 Å². The van der Waals surface area contributed by atoms with E-state index in [1.807, 2.05) is 0 Å². The minimum atomic E-state index is 0.639. The Balaban J connectivity index is 1.77. The predicted octanol–water partition coefficient (Wildman–Crippen LogP) is 1.44. The number of nitrogens with one attached hydrogen (secondary N) is 1. The molecular formula is C12H18N2. The van der Waals surface area contributed by atoms with E-state index in [1.165, 1.54) is 24.0 Å². The molecule has 1 aromatic carbocycles. The van der Waals surface area contributed by atoms with Crippen LogP contribution >= 0.6 is 0 Å². The first kappa shape index (κ1) is 9.69. The van der Waals surface area contributed by atoms with Gasteiger partial charge in [-0.3, -0.25) is 0 Å². The fourth-order valence-corrected chi connectivity index (χ4v) is 1.55. The summed E-state index contributed by atoms with van der Waals surface area (Å²) in [6, 6.07) is 9.41. The number of nitrogens with two attached hydrogens (primary N) is 1. The smallest absolute Gasteiger partial charge is 0.0178 e. The second kappa shape index (κ2) is 4.58. The van der Waals surface area contributed by atoms with Crippen LogP contribution in [0, 0.1) is 0 Å². The van der Waals surface area contributed by atoms with Crippen molar-refractivity contribution in [3.63, 3.8) is 0 Å². The van der Waals surface area contributed by atoms with Gasteiger partial charge in [-0.05, 0) is 36.9 Å². The van der Waals surface area contributed by atoms with E-state index in [-0.39, 0.29) is 0 Å². The van der Waals surface area contributed by atoms with Gasteiger partial charge in [0.2, 0.25) is 0 Å². The fourth-order valence-electron chi connectivity index (χ4n) is 1.55. The van der Waals surface area contributed by atoms with Crippen LogP contribution in [-0.2, 0) is 13.0 Å². The Kier molecular flexibility index (Phi) is 3.17. The van der Waals surface area contributed by atoms with Crippen LogP contribution in [0.15, 0.2) is 24.3 Å². The maximum absolute atomic E-state index is 5.54. The van der Waals surface area contributed by atoms with E-state index < -0.39 is 0 Å². The van der Waals surface area contributed by atoms with Crippen molar-refractivity contribution in [2.24, 2.45) is 5.73 Å². The molecule has 0 bridgehead atoms. The largest absolute Gasteiger partial charge is 0.326 e. The Morgan fingerprint density at radius 3 is 2.36 bits per heavy atom. The summed E-state index contributed by atoms with van der Waals surface area (Å²) in [7, 11) is 0. The summed E-state index contributed by atoms with van der Waals surface area (Å²) in [6.07, 6.45) is 3.86. The zero-order valence-corrected chi connectivity index (χ0v) is 8.50. The highest BCUT2D eigenvalue weighted by Gasteiger charge is 2.19. The molecule has 0 atom stereocenters. The van der Waals surface area contributed by atoms with Crippen LogP contribution in [0.2, 0.25) is 0 Å². The molecule has 1 saturated carbocycles. The van der Waals surface area contributed by atoms with Gasteiger partial charge in [0, 0.05) is 12.6 Å². The van der Waals surface area contributed by atoms with Crippen LogP contribution in [0.25, 0.3) is 0 Å². The van der Waals surface area contributed by atoms with Crippen molar-refractivity contribution in [1.82, 2.24) is 5.32 Å². The van der Waals surface area contributed by atoms with E-state index >= 15 is 0 Å². The van der Waals surface area contributed by atoms with Crippen LogP contribution in [0.5, 0.6) is 0 Å². The van der Waals surface area contributed by atoms with Crippen molar-refractivity contribution in [3.8, 4) is 0 Å². The van der Waals surface area contributed by atoms with E-state index in [9.17, 15) is 0 Å². The third kappa shape index (κ3) is 2.82. The molecule has 1 aromatic rings. The highest BCUT2D eigenvalue weighted by Crippen LogP contribution is 2.18. The van der Waals surface area contributed by atoms with Gasteiger partial charge in [0.1, 0.15) is 0 Å². The predicted molar refractivity (Wildman–Crippen MR) is 59.1 cm³/mol. The lowest BCUT2D eigenvalue weighted by Crippen LogP contribution is -2.19. The molecule has 1 aliphatic carbocycles. The Morgan fingerprint density at radius 2 is 1.79 bits per heavy atom. The Bertz CT molecular complexity index is 275. The van der Waals surface area contributed by atoms with E-state index in [1.54, 1.807) is 0 Å². The number of benzene rings is 1. The molecule has 0 unspecified atom stereocenters. The van der Waals surface area contributed by atoms with Gasteiger partial charge in [0.15, 0.2) is 0 Å². The average molecular weight is 190 g/mol. The molecule has 0 heterocycles. The van der Waals surface area contributed by atoms with Gasteiger partial charge in [0.05, 0.1) is 0 Å². The molecule has 0 aromatic heterocycles. The van der Waals surface area contributed by atoms with Gasteiger partial charge in [-0.2, -0.15) is 0 Å². The van der Waals surface area contributed by atoms with Crippen molar-refractivity contribution in [3.05, 3.63) is 35.4 Å². The summed E-state index contributed by atoms with van der Waals surface area (Å²) < 4.78 is 0. The topological polar surface area (TPSA) is 38.0 Å². The van der Waals surface area contributed by atoms with Gasteiger partial charge < -0.3 is 11.1 Å². The second-order valence-electron chi connectivity index (χ2n) is 4.00. The SMILES string of the molecule is NCc1ccc(CCNC2CC2)cc1. The van der Waals surface area contributed by atoms with E-state index in [4.69, 9.17) is 5.73 Å². The lowest BCUT2D eigenvalue weighted by Gasteiger charge is -2.03. The second-order valence-corrected chi connectivity index (χ2v) is 4.00. The Hall–Kier alpha value is -0.860. The highest BCUT2D eigenvalue weighted by atomic mass is 14.9. The molecule has 2 heteroatoms. The summed E-state index contributed by atoms with van der Waals surface area (Å²) in [4.78, 5) is 0. The van der Waals surface area contributed by atoms with Crippen LogP contribution in [-0.4, -0.2) is 12.6 Å². The van der Waals surface area contributed by atoms with Crippen molar-refractivity contribution in [2.75, 3.05) is 6.54 Å². The van der Waals surface area contributed by atoms with E-state index in [0.717, 1.165) is 19.0 Å². The monoisotopic (exact) mass is 190 g/mol. The molecule has 76 valence electrons. The van der Waals surface area contributed by atoms with Crippen molar-refractivity contribution >= 4 is 0 Å². The van der Waals surface area contributed by atoms with Crippen molar-refractivity contribution < 1.29 is 0 Å². The molecule has 2 nitrogen and oxygen atoms in total. The number of hydrogen-bond donors (Lipinski definition) is 2. The molecule has 1 aliphatic rings. The molecular weight excluding hydrogens is 172 g/mol. The van der Waals surface area contributed by atoms with Crippen molar-refractivity contribution in [1.29, 1.82) is 0 Å². The van der Waals surface area contributed by atoms with Gasteiger partial charge in [-0.25, -0.2) is 0 Å². The molecule has 2 rings (SSSR count). The first-order chi connectivity index (χ1) is 6.88. The summed E-state index contributed by atoms with van der Waals surface area (Å²) in [5.41, 5.74) is 8.15. The molecule has 0 radical (unpaired) electrons. The standard InChI is InChI=1S/C12H18N2/c13-9-11-3-1-10(2-4-11)7-8-14-12-5-6-12/h1-4,12,14H,5-9,13H2. The van der Waals surface area contributed by atoms with Gasteiger partial charge in [0.25, 0.3) is 0 Å². The maximum atomic E-state index is 5.54. The van der Waals surface area contributed by atoms with Crippen molar-refractivity contribution in [2.45, 2.75) is 31.8 Å². The van der Waals surface area contributed by atoms with E-state index in [0.29, 0.717) is 6.54 Å².